The van der Waals surface area contributed by atoms with E-state index in [1.54, 1.807) is 43.3 Å². The van der Waals surface area contributed by atoms with Crippen LogP contribution in [0.1, 0.15) is 31.9 Å². The highest BCUT2D eigenvalue weighted by atomic mass is 19.3. The summed E-state index contributed by atoms with van der Waals surface area (Å²) in [6, 6.07) is 8.84. The number of hydrogen-bond acceptors (Lipinski definition) is 2. The minimum atomic E-state index is -2.71. The Balaban J connectivity index is 0.00000136. The monoisotopic (exact) mass is 390 g/mol. The molecule has 0 spiro atoms. The van der Waals surface area contributed by atoms with E-state index < -0.39 is 30.2 Å². The summed E-state index contributed by atoms with van der Waals surface area (Å²) in [6.07, 6.45) is 0.719. The Labute approximate surface area is 162 Å². The van der Waals surface area contributed by atoms with Crippen molar-refractivity contribution in [1.29, 1.82) is 0 Å². The maximum Gasteiger partial charge on any atom is 0.256 e. The van der Waals surface area contributed by atoms with Gasteiger partial charge in [-0.3, -0.25) is 4.98 Å². The Morgan fingerprint density at radius 1 is 1.04 bits per heavy atom. The summed E-state index contributed by atoms with van der Waals surface area (Å²) in [5.74, 6) is -1.85. The molecule has 2 heterocycles. The van der Waals surface area contributed by atoms with Crippen LogP contribution in [-0.2, 0) is 0 Å². The molecule has 148 valence electrons. The maximum atomic E-state index is 14.5. The minimum absolute atomic E-state index is 0.0181. The van der Waals surface area contributed by atoms with Crippen molar-refractivity contribution in [1.82, 2.24) is 9.88 Å². The van der Waals surface area contributed by atoms with Crippen molar-refractivity contribution in [2.45, 2.75) is 27.2 Å². The van der Waals surface area contributed by atoms with E-state index in [1.165, 1.54) is 4.90 Å². The van der Waals surface area contributed by atoms with Gasteiger partial charge < -0.3 is 4.90 Å². The molecular weight excluding hydrogens is 368 g/mol. The highest BCUT2D eigenvalue weighted by Gasteiger charge is 2.30. The fourth-order valence-electron chi connectivity index (χ4n) is 2.95. The summed E-state index contributed by atoms with van der Waals surface area (Å²) < 4.78 is 55.3. The average molecular weight is 390 g/mol. The standard InChI is InChI=1S/C20H16F4N2.C2H6/c1-12-8-15(14-6-4-3-5-7-14)20(26(13(12)2)11-18(23)24)19-16(21)9-25-10-17(19)22;1-2/h3-10,18H,2,11H2,1H3;1-2H3. The lowest BCUT2D eigenvalue weighted by molar-refractivity contribution is 0.123. The normalized spacial score (nSPS) is 14.1. The zero-order valence-corrected chi connectivity index (χ0v) is 16.0. The Bertz CT molecular complexity index is 882. The number of nitrogens with zero attached hydrogens (tertiary/aromatic N) is 2. The van der Waals surface area contributed by atoms with Crippen LogP contribution in [0.2, 0.25) is 0 Å². The number of hydrogen-bond donors (Lipinski definition) is 0. The van der Waals surface area contributed by atoms with E-state index in [0.717, 1.165) is 12.4 Å². The van der Waals surface area contributed by atoms with Crippen molar-refractivity contribution in [3.63, 3.8) is 0 Å². The molecule has 2 aromatic rings. The van der Waals surface area contributed by atoms with Gasteiger partial charge in [-0.1, -0.05) is 50.8 Å². The molecule has 2 nitrogen and oxygen atoms in total. The highest BCUT2D eigenvalue weighted by molar-refractivity contribution is 5.97. The van der Waals surface area contributed by atoms with Crippen molar-refractivity contribution in [2.75, 3.05) is 6.54 Å². The van der Waals surface area contributed by atoms with Crippen LogP contribution in [0.25, 0.3) is 11.3 Å². The Kier molecular flexibility index (Phi) is 7.15. The summed E-state index contributed by atoms with van der Waals surface area (Å²) >= 11 is 0. The first kappa shape index (κ1) is 21.4. The zero-order chi connectivity index (χ0) is 20.8. The van der Waals surface area contributed by atoms with E-state index in [4.69, 9.17) is 0 Å². The fourth-order valence-corrected chi connectivity index (χ4v) is 2.95. The Morgan fingerprint density at radius 2 is 1.61 bits per heavy atom. The predicted octanol–water partition coefficient (Wildman–Crippen LogP) is 6.30. The quantitative estimate of drug-likeness (QED) is 0.570. The SMILES string of the molecule is C=C1C(C)=CC(c2ccccc2)=C(c2c(F)cncc2F)N1CC(F)F.CC. The summed E-state index contributed by atoms with van der Waals surface area (Å²) in [7, 11) is 0. The third-order valence-corrected chi connectivity index (χ3v) is 4.16. The highest BCUT2D eigenvalue weighted by Crippen LogP contribution is 2.40. The molecule has 1 aromatic heterocycles. The molecule has 0 saturated carbocycles. The second kappa shape index (κ2) is 9.35. The molecule has 3 rings (SSSR count). The third kappa shape index (κ3) is 4.32. The number of aromatic nitrogens is 1. The van der Waals surface area contributed by atoms with E-state index in [1.807, 2.05) is 13.8 Å². The first-order valence-corrected chi connectivity index (χ1v) is 8.92. The molecule has 1 aliphatic heterocycles. The molecule has 0 radical (unpaired) electrons. The van der Waals surface area contributed by atoms with Crippen molar-refractivity contribution in [3.05, 3.63) is 89.4 Å². The minimum Gasteiger partial charge on any atom is -0.335 e. The van der Waals surface area contributed by atoms with Crippen LogP contribution in [0.4, 0.5) is 17.6 Å². The first-order chi connectivity index (χ1) is 13.4. The lowest BCUT2D eigenvalue weighted by Gasteiger charge is -2.35. The van der Waals surface area contributed by atoms with E-state index in [9.17, 15) is 17.6 Å². The molecule has 0 N–H and O–H groups in total. The van der Waals surface area contributed by atoms with Crippen LogP contribution in [0.3, 0.4) is 0 Å². The van der Waals surface area contributed by atoms with Gasteiger partial charge in [0.1, 0.15) is 0 Å². The summed E-state index contributed by atoms with van der Waals surface area (Å²) in [5, 5.41) is 0. The van der Waals surface area contributed by atoms with Crippen LogP contribution < -0.4 is 0 Å². The van der Waals surface area contributed by atoms with Gasteiger partial charge in [-0.25, -0.2) is 17.6 Å². The average Bonchev–Trinajstić information content (AvgIpc) is 2.68. The van der Waals surface area contributed by atoms with Crippen LogP contribution in [0.15, 0.2) is 66.7 Å². The van der Waals surface area contributed by atoms with Gasteiger partial charge >= 0.3 is 0 Å². The first-order valence-electron chi connectivity index (χ1n) is 8.92. The largest absolute Gasteiger partial charge is 0.335 e. The van der Waals surface area contributed by atoms with Gasteiger partial charge in [0.15, 0.2) is 11.6 Å². The van der Waals surface area contributed by atoms with Crippen LogP contribution in [0.5, 0.6) is 0 Å². The number of halogens is 4. The van der Waals surface area contributed by atoms with Crippen LogP contribution in [0, 0.1) is 11.6 Å². The van der Waals surface area contributed by atoms with Gasteiger partial charge in [-0.15, -0.1) is 0 Å². The van der Waals surface area contributed by atoms with Gasteiger partial charge in [0.05, 0.1) is 30.2 Å². The van der Waals surface area contributed by atoms with Gasteiger partial charge in [-0.05, 0) is 24.1 Å². The topological polar surface area (TPSA) is 16.1 Å². The molecule has 1 aromatic carbocycles. The molecular formula is C22H22F4N2. The second-order valence-electron chi connectivity index (χ2n) is 5.88. The Hall–Kier alpha value is -2.89. The Morgan fingerprint density at radius 3 is 2.14 bits per heavy atom. The van der Waals surface area contributed by atoms with E-state index in [0.29, 0.717) is 16.7 Å². The number of pyridine rings is 1. The second-order valence-corrected chi connectivity index (χ2v) is 5.88. The van der Waals surface area contributed by atoms with Crippen molar-refractivity contribution in [2.24, 2.45) is 0 Å². The van der Waals surface area contributed by atoms with E-state index in [-0.39, 0.29) is 11.4 Å². The summed E-state index contributed by atoms with van der Waals surface area (Å²) in [5.41, 5.74) is 1.64. The fraction of sp³-hybridized carbons (Fsp3) is 0.227. The lowest BCUT2D eigenvalue weighted by atomic mass is 9.92. The van der Waals surface area contributed by atoms with Crippen LogP contribution >= 0.6 is 0 Å². The molecule has 0 atom stereocenters. The summed E-state index contributed by atoms with van der Waals surface area (Å²) in [4.78, 5) is 4.65. The van der Waals surface area contributed by atoms with Crippen molar-refractivity contribution in [3.8, 4) is 0 Å². The number of allylic oxidation sites excluding steroid dienone is 3. The van der Waals surface area contributed by atoms with Crippen molar-refractivity contribution >= 4 is 11.3 Å². The molecule has 0 saturated heterocycles. The van der Waals surface area contributed by atoms with Gasteiger partial charge in [0.25, 0.3) is 6.43 Å². The van der Waals surface area contributed by atoms with Gasteiger partial charge in [0, 0.05) is 11.3 Å². The number of alkyl halides is 2. The lowest BCUT2D eigenvalue weighted by Crippen LogP contribution is -2.30. The van der Waals surface area contributed by atoms with Gasteiger partial charge in [0.2, 0.25) is 0 Å². The molecule has 0 amide bonds. The van der Waals surface area contributed by atoms with E-state index >= 15 is 0 Å². The van der Waals surface area contributed by atoms with Gasteiger partial charge in [-0.2, -0.15) is 0 Å². The number of rotatable bonds is 4. The molecule has 0 unspecified atom stereocenters. The maximum absolute atomic E-state index is 14.5. The molecule has 28 heavy (non-hydrogen) atoms. The zero-order valence-electron chi connectivity index (χ0n) is 16.0. The summed E-state index contributed by atoms with van der Waals surface area (Å²) in [6.45, 7) is 8.82. The third-order valence-electron chi connectivity index (χ3n) is 4.16. The number of benzene rings is 1. The van der Waals surface area contributed by atoms with Crippen molar-refractivity contribution < 1.29 is 17.6 Å². The molecule has 0 bridgehead atoms. The van der Waals surface area contributed by atoms with Crippen LogP contribution in [-0.4, -0.2) is 22.9 Å². The molecule has 0 fully saturated rings. The molecule has 6 heteroatoms. The molecule has 1 aliphatic rings. The predicted molar refractivity (Wildman–Crippen MR) is 104 cm³/mol. The smallest absolute Gasteiger partial charge is 0.256 e. The van der Waals surface area contributed by atoms with E-state index in [2.05, 4.69) is 11.6 Å². The molecule has 0 aliphatic carbocycles.